The number of aromatic nitrogens is 4. The number of rotatable bonds is 4. The maximum absolute atomic E-state index is 13.2. The van der Waals surface area contributed by atoms with Gasteiger partial charge in [0.15, 0.2) is 5.82 Å². The SMILES string of the molecule is C[C@H]1OCCN(C(=O)c2cn[nH]c2C2CC2)[C@@H]1c1nc(C2CC2)no1. The first kappa shape index (κ1) is 15.1. The summed E-state index contributed by atoms with van der Waals surface area (Å²) in [5.74, 6) is 2.03. The minimum atomic E-state index is -0.358. The van der Waals surface area contributed by atoms with Crippen LogP contribution in [0.4, 0.5) is 0 Å². The average molecular weight is 343 g/mol. The summed E-state index contributed by atoms with van der Waals surface area (Å²) in [6.07, 6.45) is 5.88. The molecule has 0 radical (unpaired) electrons. The summed E-state index contributed by atoms with van der Waals surface area (Å²) >= 11 is 0. The molecule has 1 saturated heterocycles. The van der Waals surface area contributed by atoms with Crippen molar-refractivity contribution in [2.24, 2.45) is 0 Å². The summed E-state index contributed by atoms with van der Waals surface area (Å²) in [6.45, 7) is 2.95. The number of H-pyrrole nitrogens is 1. The normalized spacial score (nSPS) is 26.8. The van der Waals surface area contributed by atoms with E-state index in [0.29, 0.717) is 36.4 Å². The fraction of sp³-hybridized carbons (Fsp3) is 0.647. The number of ether oxygens (including phenoxy) is 1. The van der Waals surface area contributed by atoms with Crippen LogP contribution in [-0.4, -0.2) is 50.4 Å². The molecule has 0 bridgehead atoms. The van der Waals surface area contributed by atoms with Crippen LogP contribution in [0.15, 0.2) is 10.7 Å². The largest absolute Gasteiger partial charge is 0.374 e. The van der Waals surface area contributed by atoms with E-state index in [9.17, 15) is 4.79 Å². The molecule has 8 nitrogen and oxygen atoms in total. The quantitative estimate of drug-likeness (QED) is 0.913. The van der Waals surface area contributed by atoms with Gasteiger partial charge >= 0.3 is 0 Å². The van der Waals surface area contributed by atoms with Crippen molar-refractivity contribution in [1.82, 2.24) is 25.2 Å². The lowest BCUT2D eigenvalue weighted by molar-refractivity contribution is -0.0600. The first-order valence-corrected chi connectivity index (χ1v) is 9.01. The molecule has 3 fully saturated rings. The van der Waals surface area contributed by atoms with Crippen LogP contribution in [0.1, 0.15) is 78.3 Å². The van der Waals surface area contributed by atoms with Crippen molar-refractivity contribution < 1.29 is 14.1 Å². The van der Waals surface area contributed by atoms with Crippen molar-refractivity contribution in [1.29, 1.82) is 0 Å². The van der Waals surface area contributed by atoms with Crippen molar-refractivity contribution in [2.75, 3.05) is 13.2 Å². The van der Waals surface area contributed by atoms with Gasteiger partial charge in [-0.3, -0.25) is 9.89 Å². The van der Waals surface area contributed by atoms with E-state index >= 15 is 0 Å². The molecule has 2 atom stereocenters. The van der Waals surface area contributed by atoms with Crippen LogP contribution in [0.3, 0.4) is 0 Å². The highest BCUT2D eigenvalue weighted by molar-refractivity contribution is 5.95. The van der Waals surface area contributed by atoms with E-state index in [2.05, 4.69) is 20.3 Å². The number of hydrogen-bond donors (Lipinski definition) is 1. The van der Waals surface area contributed by atoms with Crippen molar-refractivity contribution in [3.8, 4) is 0 Å². The van der Waals surface area contributed by atoms with E-state index in [-0.39, 0.29) is 18.1 Å². The van der Waals surface area contributed by atoms with Crippen LogP contribution < -0.4 is 0 Å². The molecule has 132 valence electrons. The molecule has 2 aromatic rings. The summed E-state index contributed by atoms with van der Waals surface area (Å²) < 4.78 is 11.3. The van der Waals surface area contributed by atoms with Gasteiger partial charge in [-0.05, 0) is 32.6 Å². The molecule has 0 aromatic carbocycles. The maximum Gasteiger partial charge on any atom is 0.258 e. The highest BCUT2D eigenvalue weighted by Gasteiger charge is 2.41. The second-order valence-corrected chi connectivity index (χ2v) is 7.26. The summed E-state index contributed by atoms with van der Waals surface area (Å²) in [4.78, 5) is 19.6. The number of carbonyl (C=O) groups is 1. The molecule has 8 heteroatoms. The van der Waals surface area contributed by atoms with E-state index < -0.39 is 0 Å². The topological polar surface area (TPSA) is 97.1 Å². The Bertz CT molecular complexity index is 792. The van der Waals surface area contributed by atoms with Crippen molar-refractivity contribution >= 4 is 5.91 Å². The number of amides is 1. The van der Waals surface area contributed by atoms with Gasteiger partial charge in [-0.15, -0.1) is 0 Å². The van der Waals surface area contributed by atoms with Crippen molar-refractivity contribution in [3.63, 3.8) is 0 Å². The minimum Gasteiger partial charge on any atom is -0.374 e. The summed E-state index contributed by atoms with van der Waals surface area (Å²) in [5.41, 5.74) is 1.61. The Morgan fingerprint density at radius 2 is 2.08 bits per heavy atom. The monoisotopic (exact) mass is 343 g/mol. The molecule has 1 amide bonds. The Morgan fingerprint density at radius 3 is 2.84 bits per heavy atom. The molecular weight excluding hydrogens is 322 g/mol. The number of morpholine rings is 1. The van der Waals surface area contributed by atoms with Gasteiger partial charge in [0.2, 0.25) is 0 Å². The number of nitrogens with one attached hydrogen (secondary N) is 1. The van der Waals surface area contributed by atoms with Crippen molar-refractivity contribution in [2.45, 2.75) is 56.6 Å². The molecule has 2 saturated carbocycles. The van der Waals surface area contributed by atoms with Crippen LogP contribution in [0.5, 0.6) is 0 Å². The standard InChI is InChI=1S/C17H21N5O3/c1-9-14(16-19-15(21-25-16)11-4-5-11)22(6-7-24-9)17(23)12-8-18-20-13(12)10-2-3-10/h8-11,14H,2-7H2,1H3,(H,18,20)/t9-,14+/m1/s1. The van der Waals surface area contributed by atoms with Crippen LogP contribution in [0.2, 0.25) is 0 Å². The van der Waals surface area contributed by atoms with Gasteiger partial charge in [0, 0.05) is 18.4 Å². The molecule has 0 unspecified atom stereocenters. The fourth-order valence-electron chi connectivity index (χ4n) is 3.56. The summed E-state index contributed by atoms with van der Waals surface area (Å²) in [5, 5.41) is 11.2. The van der Waals surface area contributed by atoms with Gasteiger partial charge in [-0.2, -0.15) is 10.1 Å². The molecular formula is C17H21N5O3. The minimum absolute atomic E-state index is 0.0398. The van der Waals surface area contributed by atoms with Crippen LogP contribution in [-0.2, 0) is 4.74 Å². The molecule has 0 spiro atoms. The van der Waals surface area contributed by atoms with Gasteiger partial charge in [0.1, 0.15) is 6.04 Å². The molecule has 1 N–H and O–H groups in total. The number of nitrogens with zero attached hydrogens (tertiary/aromatic N) is 4. The van der Waals surface area contributed by atoms with Gasteiger partial charge in [-0.25, -0.2) is 0 Å². The second-order valence-electron chi connectivity index (χ2n) is 7.26. The predicted molar refractivity (Wildman–Crippen MR) is 86.0 cm³/mol. The molecule has 25 heavy (non-hydrogen) atoms. The first-order chi connectivity index (χ1) is 12.2. The van der Waals surface area contributed by atoms with Gasteiger partial charge in [-0.1, -0.05) is 5.16 Å². The lowest BCUT2D eigenvalue weighted by Gasteiger charge is -2.37. The zero-order chi connectivity index (χ0) is 17.0. The number of hydrogen-bond acceptors (Lipinski definition) is 6. The highest BCUT2D eigenvalue weighted by atomic mass is 16.5. The van der Waals surface area contributed by atoms with Crippen molar-refractivity contribution in [3.05, 3.63) is 29.2 Å². The first-order valence-electron chi connectivity index (χ1n) is 9.01. The highest BCUT2D eigenvalue weighted by Crippen LogP contribution is 2.42. The van der Waals surface area contributed by atoms with E-state index in [4.69, 9.17) is 9.26 Å². The summed E-state index contributed by atoms with van der Waals surface area (Å²) in [7, 11) is 0. The van der Waals surface area contributed by atoms with Gasteiger partial charge < -0.3 is 14.2 Å². The molecule has 3 aliphatic rings. The van der Waals surface area contributed by atoms with E-state index in [1.165, 1.54) is 0 Å². The van der Waals surface area contributed by atoms with E-state index in [1.807, 2.05) is 6.92 Å². The molecule has 5 rings (SSSR count). The van der Waals surface area contributed by atoms with Gasteiger partial charge in [0.05, 0.1) is 30.2 Å². The molecule has 1 aliphatic heterocycles. The van der Waals surface area contributed by atoms with Crippen LogP contribution >= 0.6 is 0 Å². The lowest BCUT2D eigenvalue weighted by atomic mass is 10.1. The fourth-order valence-corrected chi connectivity index (χ4v) is 3.56. The lowest BCUT2D eigenvalue weighted by Crippen LogP contribution is -2.47. The average Bonchev–Trinajstić information content (AvgIpc) is 3.55. The third-order valence-electron chi connectivity index (χ3n) is 5.29. The zero-order valence-corrected chi connectivity index (χ0v) is 14.1. The van der Waals surface area contributed by atoms with Crippen LogP contribution in [0, 0.1) is 0 Å². The Hall–Kier alpha value is -2.22. The zero-order valence-electron chi connectivity index (χ0n) is 14.1. The maximum atomic E-state index is 13.2. The van der Waals surface area contributed by atoms with E-state index in [0.717, 1.165) is 37.2 Å². The smallest absolute Gasteiger partial charge is 0.258 e. The number of carbonyl (C=O) groups excluding carboxylic acids is 1. The Labute approximate surface area is 144 Å². The second kappa shape index (κ2) is 5.66. The third kappa shape index (κ3) is 2.64. The summed E-state index contributed by atoms with van der Waals surface area (Å²) in [6, 6.07) is -0.358. The molecule has 2 aromatic heterocycles. The predicted octanol–water partition coefficient (Wildman–Crippen LogP) is 2.15. The number of aromatic amines is 1. The Morgan fingerprint density at radius 1 is 1.28 bits per heavy atom. The van der Waals surface area contributed by atoms with Gasteiger partial charge in [0.25, 0.3) is 11.8 Å². The van der Waals surface area contributed by atoms with Crippen LogP contribution in [0.25, 0.3) is 0 Å². The Kier molecular flexibility index (Phi) is 3.41. The molecule has 2 aliphatic carbocycles. The Balaban J connectivity index is 1.46. The third-order valence-corrected chi connectivity index (χ3v) is 5.29. The molecule has 3 heterocycles. The van der Waals surface area contributed by atoms with E-state index in [1.54, 1.807) is 11.1 Å².